The largest absolute Gasteiger partial charge is 0.300 e. The van der Waals surface area contributed by atoms with Gasteiger partial charge in [-0.25, -0.2) is 0 Å². The second-order valence-corrected chi connectivity index (χ2v) is 5.97. The Balaban J connectivity index is 1.93. The van der Waals surface area contributed by atoms with Crippen molar-refractivity contribution in [2.24, 2.45) is 11.3 Å². The topological polar surface area (TPSA) is 20.3 Å². The summed E-state index contributed by atoms with van der Waals surface area (Å²) in [5.74, 6) is 0.821. The van der Waals surface area contributed by atoms with E-state index < -0.39 is 0 Å². The van der Waals surface area contributed by atoms with Crippen molar-refractivity contribution in [3.63, 3.8) is 0 Å². The van der Waals surface area contributed by atoms with Crippen LogP contribution in [0.5, 0.6) is 0 Å². The van der Waals surface area contributed by atoms with Gasteiger partial charge in [0, 0.05) is 23.9 Å². The fourth-order valence-electron chi connectivity index (χ4n) is 3.06. The zero-order valence-electron chi connectivity index (χ0n) is 10.3. The van der Waals surface area contributed by atoms with Crippen molar-refractivity contribution in [2.75, 3.05) is 13.1 Å². The smallest absolute Gasteiger partial charge is 0.142 e. The Hall–Kier alpha value is -0.370. The molecule has 2 heteroatoms. The van der Waals surface area contributed by atoms with Crippen molar-refractivity contribution in [1.29, 1.82) is 0 Å². The molecule has 0 aromatic rings. The van der Waals surface area contributed by atoms with Gasteiger partial charge in [0.25, 0.3) is 0 Å². The summed E-state index contributed by atoms with van der Waals surface area (Å²) in [6, 6.07) is 0.696. The van der Waals surface area contributed by atoms with Crippen molar-refractivity contribution in [3.8, 4) is 0 Å². The Morgan fingerprint density at radius 3 is 2.60 bits per heavy atom. The van der Waals surface area contributed by atoms with Crippen LogP contribution in [0.4, 0.5) is 0 Å². The van der Waals surface area contributed by atoms with Crippen LogP contribution in [0.3, 0.4) is 0 Å². The van der Waals surface area contributed by atoms with E-state index in [1.165, 1.54) is 19.4 Å². The lowest BCUT2D eigenvalue weighted by Crippen LogP contribution is -2.35. The van der Waals surface area contributed by atoms with Gasteiger partial charge in [-0.05, 0) is 39.2 Å². The van der Waals surface area contributed by atoms with Crippen molar-refractivity contribution in [2.45, 2.75) is 52.5 Å². The first-order valence-electron chi connectivity index (χ1n) is 6.29. The molecule has 0 aromatic heterocycles. The quantitative estimate of drug-likeness (QED) is 0.696. The average Bonchev–Trinajstić information content (AvgIpc) is 2.66. The van der Waals surface area contributed by atoms with Crippen LogP contribution in [-0.4, -0.2) is 29.8 Å². The fourth-order valence-corrected chi connectivity index (χ4v) is 3.06. The second-order valence-electron chi connectivity index (χ2n) is 5.97. The molecule has 0 aromatic carbocycles. The highest BCUT2D eigenvalue weighted by atomic mass is 16.1. The molecule has 0 bridgehead atoms. The average molecular weight is 209 g/mol. The van der Waals surface area contributed by atoms with E-state index in [1.54, 1.807) is 0 Å². The van der Waals surface area contributed by atoms with Gasteiger partial charge in [0.2, 0.25) is 0 Å². The molecule has 1 saturated carbocycles. The third kappa shape index (κ3) is 2.10. The molecule has 1 aliphatic carbocycles. The number of ketones is 1. The lowest BCUT2D eigenvalue weighted by Gasteiger charge is -2.24. The molecule has 2 atom stereocenters. The molecule has 2 rings (SSSR count). The summed E-state index contributed by atoms with van der Waals surface area (Å²) in [7, 11) is 0. The zero-order chi connectivity index (χ0) is 11.1. The van der Waals surface area contributed by atoms with Gasteiger partial charge < -0.3 is 0 Å². The third-order valence-electron chi connectivity index (χ3n) is 4.30. The second kappa shape index (κ2) is 3.89. The minimum Gasteiger partial charge on any atom is -0.300 e. The van der Waals surface area contributed by atoms with Gasteiger partial charge in [-0.1, -0.05) is 13.8 Å². The minimum atomic E-state index is -0.0480. The third-order valence-corrected chi connectivity index (χ3v) is 4.30. The van der Waals surface area contributed by atoms with E-state index in [9.17, 15) is 4.79 Å². The molecular formula is C13H23NO. The highest BCUT2D eigenvalue weighted by Gasteiger charge is 2.41. The summed E-state index contributed by atoms with van der Waals surface area (Å²) in [5, 5.41) is 0. The molecule has 0 radical (unpaired) electrons. The van der Waals surface area contributed by atoms with Gasteiger partial charge in [-0.15, -0.1) is 0 Å². The lowest BCUT2D eigenvalue weighted by molar-refractivity contribution is -0.128. The molecule has 1 heterocycles. The molecule has 2 unspecified atom stereocenters. The number of hydrogen-bond acceptors (Lipinski definition) is 2. The van der Waals surface area contributed by atoms with Crippen LogP contribution in [-0.2, 0) is 4.79 Å². The van der Waals surface area contributed by atoms with Gasteiger partial charge in [-0.2, -0.15) is 0 Å². The number of Topliss-reactive ketones (excluding diaryl/α,β-unsaturated/α-hetero) is 1. The molecule has 86 valence electrons. The van der Waals surface area contributed by atoms with Crippen LogP contribution in [0.2, 0.25) is 0 Å². The number of rotatable bonds is 2. The first-order chi connectivity index (χ1) is 7.00. The van der Waals surface area contributed by atoms with Gasteiger partial charge in [0.1, 0.15) is 5.78 Å². The molecule has 15 heavy (non-hydrogen) atoms. The number of nitrogens with zero attached hydrogens (tertiary/aromatic N) is 1. The molecule has 2 fully saturated rings. The summed E-state index contributed by atoms with van der Waals surface area (Å²) < 4.78 is 0. The van der Waals surface area contributed by atoms with Gasteiger partial charge in [-0.3, -0.25) is 9.69 Å². The Morgan fingerprint density at radius 2 is 2.13 bits per heavy atom. The van der Waals surface area contributed by atoms with Crippen LogP contribution in [0.15, 0.2) is 0 Å². The number of likely N-dealkylation sites (tertiary alicyclic amines) is 1. The highest BCUT2D eigenvalue weighted by Crippen LogP contribution is 2.38. The van der Waals surface area contributed by atoms with Crippen LogP contribution in [0.25, 0.3) is 0 Å². The van der Waals surface area contributed by atoms with E-state index in [1.807, 2.05) is 0 Å². The predicted octanol–water partition coefficient (Wildman–Crippen LogP) is 2.48. The fraction of sp³-hybridized carbons (Fsp3) is 0.923. The van der Waals surface area contributed by atoms with E-state index in [4.69, 9.17) is 0 Å². The van der Waals surface area contributed by atoms with Crippen LogP contribution in [0, 0.1) is 11.3 Å². The van der Waals surface area contributed by atoms with E-state index in [2.05, 4.69) is 25.7 Å². The summed E-state index contributed by atoms with van der Waals surface area (Å²) in [4.78, 5) is 14.6. The number of carbonyl (C=O) groups is 1. The molecule has 0 spiro atoms. The minimum absolute atomic E-state index is 0.0480. The Morgan fingerprint density at radius 1 is 1.40 bits per heavy atom. The van der Waals surface area contributed by atoms with E-state index in [0.29, 0.717) is 17.7 Å². The summed E-state index contributed by atoms with van der Waals surface area (Å²) >= 11 is 0. The molecule has 1 aliphatic heterocycles. The lowest BCUT2D eigenvalue weighted by atomic mass is 9.89. The van der Waals surface area contributed by atoms with Crippen LogP contribution >= 0.6 is 0 Å². The zero-order valence-corrected chi connectivity index (χ0v) is 10.3. The molecule has 2 aliphatic rings. The molecule has 0 amide bonds. The first-order valence-corrected chi connectivity index (χ1v) is 6.29. The van der Waals surface area contributed by atoms with Crippen molar-refractivity contribution in [3.05, 3.63) is 0 Å². The molecule has 1 saturated heterocycles. The van der Waals surface area contributed by atoms with E-state index in [-0.39, 0.29) is 5.41 Å². The predicted molar refractivity (Wildman–Crippen MR) is 61.8 cm³/mol. The maximum Gasteiger partial charge on any atom is 0.142 e. The monoisotopic (exact) mass is 209 g/mol. The normalized spacial score (nSPS) is 36.3. The number of carbonyl (C=O) groups excluding carboxylic acids is 1. The molecular weight excluding hydrogens is 186 g/mol. The summed E-state index contributed by atoms with van der Waals surface area (Å²) in [5.41, 5.74) is -0.0480. The van der Waals surface area contributed by atoms with Crippen molar-refractivity contribution >= 4 is 5.78 Å². The maximum absolute atomic E-state index is 12.1. The standard InChI is InChI=1S/C13H23NO/c1-10-5-4-8-14(10)9-11-6-7-13(2,3)12(11)15/h10-11H,4-9H2,1-3H3. The van der Waals surface area contributed by atoms with Crippen LogP contribution in [0.1, 0.15) is 46.5 Å². The van der Waals surface area contributed by atoms with Gasteiger partial charge in [0.15, 0.2) is 0 Å². The van der Waals surface area contributed by atoms with E-state index >= 15 is 0 Å². The summed E-state index contributed by atoms with van der Waals surface area (Å²) in [6.45, 7) is 8.71. The Labute approximate surface area is 93.0 Å². The maximum atomic E-state index is 12.1. The van der Waals surface area contributed by atoms with E-state index in [0.717, 1.165) is 19.4 Å². The number of hydrogen-bond donors (Lipinski definition) is 0. The first kappa shape index (κ1) is 11.1. The molecule has 2 nitrogen and oxygen atoms in total. The van der Waals surface area contributed by atoms with Crippen LogP contribution < -0.4 is 0 Å². The van der Waals surface area contributed by atoms with Crippen molar-refractivity contribution < 1.29 is 4.79 Å². The summed E-state index contributed by atoms with van der Waals surface area (Å²) in [6.07, 6.45) is 4.81. The highest BCUT2D eigenvalue weighted by molar-refractivity contribution is 5.88. The van der Waals surface area contributed by atoms with Crippen molar-refractivity contribution in [1.82, 2.24) is 4.90 Å². The Kier molecular flexibility index (Phi) is 2.89. The molecule has 0 N–H and O–H groups in total. The van der Waals surface area contributed by atoms with Gasteiger partial charge >= 0.3 is 0 Å². The Bertz CT molecular complexity index is 259. The van der Waals surface area contributed by atoms with Gasteiger partial charge in [0.05, 0.1) is 0 Å². The SMILES string of the molecule is CC1CCCN1CC1CCC(C)(C)C1=O.